The first-order chi connectivity index (χ1) is 8.54. The van der Waals surface area contributed by atoms with Crippen LogP contribution in [-0.4, -0.2) is 11.0 Å². The lowest BCUT2D eigenvalue weighted by Gasteiger charge is -2.06. The largest absolute Gasteiger partial charge is 0.508 e. The summed E-state index contributed by atoms with van der Waals surface area (Å²) < 4.78 is 13.6. The minimum absolute atomic E-state index is 0.0493. The van der Waals surface area contributed by atoms with Crippen LogP contribution in [0.15, 0.2) is 46.9 Å². The van der Waals surface area contributed by atoms with Crippen molar-refractivity contribution < 1.29 is 14.3 Å². The second-order valence-electron chi connectivity index (χ2n) is 3.66. The van der Waals surface area contributed by atoms with Crippen LogP contribution in [-0.2, 0) is 0 Å². The first-order valence-corrected chi connectivity index (χ1v) is 5.90. The second-order valence-corrected chi connectivity index (χ2v) is 4.58. The molecule has 0 atom stereocenters. The fraction of sp³-hybridized carbons (Fsp3) is 0. The number of rotatable bonds is 2. The van der Waals surface area contributed by atoms with Crippen molar-refractivity contribution in [1.29, 1.82) is 0 Å². The standard InChI is InChI=1S/C13H9BrFNO2/c14-9-4-8(5-10(15)6-9)13(18)16-11-2-1-3-12(17)7-11/h1-7,17H,(H,16,18). The van der Waals surface area contributed by atoms with Crippen molar-refractivity contribution in [3.8, 4) is 5.75 Å². The van der Waals surface area contributed by atoms with Crippen LogP contribution in [0.1, 0.15) is 10.4 Å². The van der Waals surface area contributed by atoms with Gasteiger partial charge in [-0.25, -0.2) is 4.39 Å². The van der Waals surface area contributed by atoms with Gasteiger partial charge in [0.25, 0.3) is 5.91 Å². The van der Waals surface area contributed by atoms with Crippen LogP contribution in [0, 0.1) is 5.82 Å². The van der Waals surface area contributed by atoms with E-state index in [0.717, 1.165) is 6.07 Å². The Balaban J connectivity index is 2.22. The number of nitrogens with one attached hydrogen (secondary N) is 1. The maximum Gasteiger partial charge on any atom is 0.255 e. The summed E-state index contributed by atoms with van der Waals surface area (Å²) in [6.45, 7) is 0. The molecule has 0 unspecified atom stereocenters. The molecule has 2 aromatic rings. The second kappa shape index (κ2) is 5.18. The molecule has 0 aliphatic carbocycles. The van der Waals surface area contributed by atoms with Crippen LogP contribution < -0.4 is 5.32 Å². The highest BCUT2D eigenvalue weighted by Crippen LogP contribution is 2.18. The number of carbonyl (C=O) groups excluding carboxylic acids is 1. The van der Waals surface area contributed by atoms with Gasteiger partial charge in [0, 0.05) is 21.8 Å². The van der Waals surface area contributed by atoms with E-state index in [0.29, 0.717) is 10.2 Å². The predicted molar refractivity (Wildman–Crippen MR) is 70.2 cm³/mol. The lowest BCUT2D eigenvalue weighted by atomic mass is 10.2. The molecule has 2 rings (SSSR count). The molecule has 2 aromatic carbocycles. The summed E-state index contributed by atoms with van der Waals surface area (Å²) in [5.74, 6) is -0.889. The van der Waals surface area contributed by atoms with Crippen LogP contribution in [0.25, 0.3) is 0 Å². The Kier molecular flexibility index (Phi) is 3.62. The molecule has 0 saturated heterocycles. The minimum atomic E-state index is -0.495. The minimum Gasteiger partial charge on any atom is -0.508 e. The van der Waals surface area contributed by atoms with E-state index in [9.17, 15) is 14.3 Å². The van der Waals surface area contributed by atoms with Crippen molar-refractivity contribution in [1.82, 2.24) is 0 Å². The number of benzene rings is 2. The summed E-state index contributed by atoms with van der Waals surface area (Å²) in [6.07, 6.45) is 0. The van der Waals surface area contributed by atoms with E-state index in [-0.39, 0.29) is 11.3 Å². The Morgan fingerprint density at radius 1 is 1.22 bits per heavy atom. The van der Waals surface area contributed by atoms with Gasteiger partial charge >= 0.3 is 0 Å². The van der Waals surface area contributed by atoms with Crippen LogP contribution in [0.3, 0.4) is 0 Å². The Morgan fingerprint density at radius 3 is 2.67 bits per heavy atom. The number of phenols is 1. The molecule has 0 bridgehead atoms. The molecule has 0 fully saturated rings. The Bertz CT molecular complexity index is 581. The molecule has 5 heteroatoms. The first kappa shape index (κ1) is 12.6. The third kappa shape index (κ3) is 3.07. The lowest BCUT2D eigenvalue weighted by Crippen LogP contribution is -2.12. The predicted octanol–water partition coefficient (Wildman–Crippen LogP) is 3.55. The Labute approximate surface area is 111 Å². The van der Waals surface area contributed by atoms with Crippen LogP contribution in [0.4, 0.5) is 10.1 Å². The SMILES string of the molecule is O=C(Nc1cccc(O)c1)c1cc(F)cc(Br)c1. The average molecular weight is 310 g/mol. The van der Waals surface area contributed by atoms with Gasteiger partial charge in [0.2, 0.25) is 0 Å². The summed E-state index contributed by atoms with van der Waals surface area (Å²) in [5, 5.41) is 11.8. The van der Waals surface area contributed by atoms with E-state index in [1.165, 1.54) is 24.3 Å². The molecular formula is C13H9BrFNO2. The maximum atomic E-state index is 13.1. The van der Waals surface area contributed by atoms with Gasteiger partial charge in [-0.1, -0.05) is 22.0 Å². The van der Waals surface area contributed by atoms with Crippen molar-refractivity contribution in [3.63, 3.8) is 0 Å². The number of carbonyl (C=O) groups is 1. The summed E-state index contributed by atoms with van der Waals surface area (Å²) in [6, 6.07) is 10.1. The number of phenolic OH excluding ortho intramolecular Hbond substituents is 1. The third-order valence-electron chi connectivity index (χ3n) is 2.23. The third-order valence-corrected chi connectivity index (χ3v) is 2.69. The molecule has 0 heterocycles. The number of halogens is 2. The Hall–Kier alpha value is -1.88. The summed E-state index contributed by atoms with van der Waals surface area (Å²) in [4.78, 5) is 11.8. The van der Waals surface area contributed by atoms with Crippen molar-refractivity contribution >= 4 is 27.5 Å². The zero-order chi connectivity index (χ0) is 13.1. The normalized spacial score (nSPS) is 10.1. The fourth-order valence-corrected chi connectivity index (χ4v) is 1.94. The number of hydrogen-bond acceptors (Lipinski definition) is 2. The molecule has 3 nitrogen and oxygen atoms in total. The highest BCUT2D eigenvalue weighted by Gasteiger charge is 2.08. The molecule has 0 aliphatic rings. The van der Waals surface area contributed by atoms with Crippen LogP contribution in [0.5, 0.6) is 5.75 Å². The van der Waals surface area contributed by atoms with Gasteiger partial charge in [-0.05, 0) is 30.3 Å². The van der Waals surface area contributed by atoms with Crippen LogP contribution in [0.2, 0.25) is 0 Å². The molecule has 0 aliphatic heterocycles. The summed E-state index contributed by atoms with van der Waals surface area (Å²) in [7, 11) is 0. The molecule has 1 amide bonds. The number of amides is 1. The van der Waals surface area contributed by atoms with Gasteiger partial charge in [-0.3, -0.25) is 4.79 Å². The van der Waals surface area contributed by atoms with Crippen molar-refractivity contribution in [2.75, 3.05) is 5.32 Å². The maximum absolute atomic E-state index is 13.1. The zero-order valence-electron chi connectivity index (χ0n) is 9.15. The summed E-state index contributed by atoms with van der Waals surface area (Å²) >= 11 is 3.12. The molecule has 0 saturated carbocycles. The first-order valence-electron chi connectivity index (χ1n) is 5.11. The van der Waals surface area contributed by atoms with E-state index in [1.807, 2.05) is 0 Å². The van der Waals surface area contributed by atoms with Crippen molar-refractivity contribution in [2.45, 2.75) is 0 Å². The number of anilines is 1. The highest BCUT2D eigenvalue weighted by molar-refractivity contribution is 9.10. The van der Waals surface area contributed by atoms with Gasteiger partial charge in [0.15, 0.2) is 0 Å². The van der Waals surface area contributed by atoms with Crippen molar-refractivity contribution in [3.05, 3.63) is 58.3 Å². The van der Waals surface area contributed by atoms with E-state index in [2.05, 4.69) is 21.2 Å². The van der Waals surface area contributed by atoms with E-state index < -0.39 is 11.7 Å². The molecule has 0 spiro atoms. The number of aromatic hydroxyl groups is 1. The van der Waals surface area contributed by atoms with Crippen molar-refractivity contribution in [2.24, 2.45) is 0 Å². The number of hydrogen-bond donors (Lipinski definition) is 2. The lowest BCUT2D eigenvalue weighted by molar-refractivity contribution is 0.102. The topological polar surface area (TPSA) is 49.3 Å². The van der Waals surface area contributed by atoms with E-state index in [1.54, 1.807) is 12.1 Å². The van der Waals surface area contributed by atoms with Gasteiger partial charge in [-0.15, -0.1) is 0 Å². The molecule has 2 N–H and O–H groups in total. The molecular weight excluding hydrogens is 301 g/mol. The average Bonchev–Trinajstić information content (AvgIpc) is 2.27. The Morgan fingerprint density at radius 2 is 2.00 bits per heavy atom. The zero-order valence-corrected chi connectivity index (χ0v) is 10.7. The molecule has 0 aromatic heterocycles. The van der Waals surface area contributed by atoms with Gasteiger partial charge in [-0.2, -0.15) is 0 Å². The molecule has 92 valence electrons. The van der Waals surface area contributed by atoms with Gasteiger partial charge in [0.1, 0.15) is 11.6 Å². The monoisotopic (exact) mass is 309 g/mol. The highest BCUT2D eigenvalue weighted by atomic mass is 79.9. The van der Waals surface area contributed by atoms with Crippen LogP contribution >= 0.6 is 15.9 Å². The quantitative estimate of drug-likeness (QED) is 0.891. The van der Waals surface area contributed by atoms with E-state index >= 15 is 0 Å². The summed E-state index contributed by atoms with van der Waals surface area (Å²) in [5.41, 5.74) is 0.644. The smallest absolute Gasteiger partial charge is 0.255 e. The molecule has 0 radical (unpaired) electrons. The van der Waals surface area contributed by atoms with E-state index in [4.69, 9.17) is 0 Å². The fourth-order valence-electron chi connectivity index (χ4n) is 1.47. The van der Waals surface area contributed by atoms with Gasteiger partial charge in [0.05, 0.1) is 0 Å². The molecule has 18 heavy (non-hydrogen) atoms. The van der Waals surface area contributed by atoms with Gasteiger partial charge < -0.3 is 10.4 Å².